The van der Waals surface area contributed by atoms with Crippen LogP contribution in [0, 0.1) is 0 Å². The van der Waals surface area contributed by atoms with Gasteiger partial charge >= 0.3 is 0 Å². The van der Waals surface area contributed by atoms with Crippen molar-refractivity contribution in [1.29, 1.82) is 0 Å². The number of imidazole rings is 1. The summed E-state index contributed by atoms with van der Waals surface area (Å²) in [5, 5.41) is 10.6. The summed E-state index contributed by atoms with van der Waals surface area (Å²) in [6.07, 6.45) is 0.964. The maximum Gasteiger partial charge on any atom is 0.161 e. The van der Waals surface area contributed by atoms with Crippen LogP contribution in [-0.4, -0.2) is 28.9 Å². The lowest BCUT2D eigenvalue weighted by atomic mass is 10.1. The Bertz CT molecular complexity index is 620. The third-order valence-electron chi connectivity index (χ3n) is 3.58. The second-order valence-electron chi connectivity index (χ2n) is 5.27. The molecule has 5 heteroatoms. The fourth-order valence-electron chi connectivity index (χ4n) is 2.42. The van der Waals surface area contributed by atoms with E-state index in [1.54, 1.807) is 32.5 Å². The number of aromatic nitrogens is 2. The van der Waals surface area contributed by atoms with Crippen LogP contribution in [-0.2, 0) is 7.05 Å². The van der Waals surface area contributed by atoms with Crippen LogP contribution in [0.2, 0.25) is 0 Å². The van der Waals surface area contributed by atoms with Crippen molar-refractivity contribution < 1.29 is 14.6 Å². The molecular formula is C16H22N2O3. The smallest absolute Gasteiger partial charge is 0.161 e. The van der Waals surface area contributed by atoms with Crippen molar-refractivity contribution >= 4 is 0 Å². The summed E-state index contributed by atoms with van der Waals surface area (Å²) in [7, 11) is 5.08. The van der Waals surface area contributed by atoms with Gasteiger partial charge in [0.25, 0.3) is 0 Å². The molecule has 0 aliphatic carbocycles. The molecule has 1 aromatic carbocycles. The Morgan fingerprint density at radius 2 is 1.81 bits per heavy atom. The van der Waals surface area contributed by atoms with Crippen LogP contribution in [0.25, 0.3) is 0 Å². The monoisotopic (exact) mass is 290 g/mol. The summed E-state index contributed by atoms with van der Waals surface area (Å²) in [6, 6.07) is 5.40. The predicted molar refractivity (Wildman–Crippen MR) is 80.9 cm³/mol. The highest BCUT2D eigenvalue weighted by Gasteiger charge is 2.19. The molecule has 0 aliphatic rings. The zero-order valence-corrected chi connectivity index (χ0v) is 13.1. The first kappa shape index (κ1) is 15.4. The van der Waals surface area contributed by atoms with Gasteiger partial charge in [0, 0.05) is 13.0 Å². The van der Waals surface area contributed by atoms with Crippen LogP contribution in [0.15, 0.2) is 24.4 Å². The first-order valence-corrected chi connectivity index (χ1v) is 6.91. The van der Waals surface area contributed by atoms with E-state index in [2.05, 4.69) is 18.8 Å². The fraction of sp³-hybridized carbons (Fsp3) is 0.438. The average Bonchev–Trinajstić information content (AvgIpc) is 2.87. The Balaban J connectivity index is 2.38. The van der Waals surface area contributed by atoms with Crippen LogP contribution in [0.4, 0.5) is 0 Å². The lowest BCUT2D eigenvalue weighted by molar-refractivity contribution is 0.210. The predicted octanol–water partition coefficient (Wildman–Crippen LogP) is 2.64. The van der Waals surface area contributed by atoms with Crippen LogP contribution >= 0.6 is 0 Å². The quantitative estimate of drug-likeness (QED) is 0.919. The number of aliphatic hydroxyl groups is 1. The van der Waals surface area contributed by atoms with Crippen molar-refractivity contribution in [1.82, 2.24) is 9.55 Å². The lowest BCUT2D eigenvalue weighted by Crippen LogP contribution is -2.09. The van der Waals surface area contributed by atoms with Gasteiger partial charge in [0.15, 0.2) is 11.5 Å². The molecule has 2 aromatic rings. The Morgan fingerprint density at radius 1 is 1.14 bits per heavy atom. The SMILES string of the molecule is COc1ccc([C@H](O)c2cnc(C(C)C)n2C)cc1OC. The molecule has 2 rings (SSSR count). The number of nitrogens with zero attached hydrogens (tertiary/aromatic N) is 2. The molecule has 1 heterocycles. The molecule has 1 N–H and O–H groups in total. The number of hydrogen-bond acceptors (Lipinski definition) is 4. The van der Waals surface area contributed by atoms with Gasteiger partial charge in [-0.05, 0) is 17.7 Å². The number of ether oxygens (including phenoxy) is 2. The normalized spacial score (nSPS) is 12.5. The van der Waals surface area contributed by atoms with Gasteiger partial charge in [-0.1, -0.05) is 19.9 Å². The van der Waals surface area contributed by atoms with Crippen LogP contribution < -0.4 is 9.47 Å². The van der Waals surface area contributed by atoms with Gasteiger partial charge in [0.05, 0.1) is 26.1 Å². The van der Waals surface area contributed by atoms with Crippen molar-refractivity contribution in [3.05, 3.63) is 41.5 Å². The molecule has 114 valence electrons. The number of rotatable bonds is 5. The molecular weight excluding hydrogens is 268 g/mol. The first-order valence-electron chi connectivity index (χ1n) is 6.91. The van der Waals surface area contributed by atoms with Crippen molar-refractivity contribution in [3.8, 4) is 11.5 Å². The van der Waals surface area contributed by atoms with Crippen LogP contribution in [0.3, 0.4) is 0 Å². The molecule has 5 nitrogen and oxygen atoms in total. The van der Waals surface area contributed by atoms with Gasteiger partial charge in [-0.25, -0.2) is 4.98 Å². The van der Waals surface area contributed by atoms with Gasteiger partial charge in [0.1, 0.15) is 11.9 Å². The molecule has 0 amide bonds. The highest BCUT2D eigenvalue weighted by molar-refractivity contribution is 5.44. The van der Waals surface area contributed by atoms with Crippen molar-refractivity contribution in [2.24, 2.45) is 7.05 Å². The molecule has 0 spiro atoms. The van der Waals surface area contributed by atoms with E-state index in [9.17, 15) is 5.11 Å². The Labute approximate surface area is 125 Å². The third kappa shape index (κ3) is 2.88. The van der Waals surface area contributed by atoms with E-state index in [1.165, 1.54) is 0 Å². The van der Waals surface area contributed by atoms with E-state index in [1.807, 2.05) is 17.7 Å². The summed E-state index contributed by atoms with van der Waals surface area (Å²) < 4.78 is 12.4. The summed E-state index contributed by atoms with van der Waals surface area (Å²) in [5.74, 6) is 2.49. The maximum absolute atomic E-state index is 10.6. The van der Waals surface area contributed by atoms with Gasteiger partial charge in [-0.2, -0.15) is 0 Å². The van der Waals surface area contributed by atoms with Crippen LogP contribution in [0.1, 0.15) is 43.0 Å². The maximum atomic E-state index is 10.6. The third-order valence-corrected chi connectivity index (χ3v) is 3.58. The summed E-state index contributed by atoms with van der Waals surface area (Å²) in [6.45, 7) is 4.16. The molecule has 0 bridgehead atoms. The first-order chi connectivity index (χ1) is 9.99. The summed E-state index contributed by atoms with van der Waals surface area (Å²) in [5.41, 5.74) is 1.50. The Hall–Kier alpha value is -2.01. The van der Waals surface area contributed by atoms with Crippen molar-refractivity contribution in [2.75, 3.05) is 14.2 Å². The topological polar surface area (TPSA) is 56.5 Å². The molecule has 1 atom stereocenters. The minimum atomic E-state index is -0.755. The second kappa shape index (κ2) is 6.18. The van der Waals surface area contributed by atoms with E-state index in [0.29, 0.717) is 17.4 Å². The van der Waals surface area contributed by atoms with E-state index >= 15 is 0 Å². The van der Waals surface area contributed by atoms with Crippen LogP contribution in [0.5, 0.6) is 11.5 Å². The largest absolute Gasteiger partial charge is 0.493 e. The van der Waals surface area contributed by atoms with Gasteiger partial charge in [-0.15, -0.1) is 0 Å². The average molecular weight is 290 g/mol. The number of methoxy groups -OCH3 is 2. The minimum Gasteiger partial charge on any atom is -0.493 e. The van der Waals surface area contributed by atoms with E-state index in [-0.39, 0.29) is 0 Å². The molecule has 0 fully saturated rings. The molecule has 0 radical (unpaired) electrons. The summed E-state index contributed by atoms with van der Waals surface area (Å²) in [4.78, 5) is 4.39. The Morgan fingerprint density at radius 3 is 2.33 bits per heavy atom. The highest BCUT2D eigenvalue weighted by atomic mass is 16.5. The molecule has 0 unspecified atom stereocenters. The number of benzene rings is 1. The van der Waals surface area contributed by atoms with Crippen molar-refractivity contribution in [2.45, 2.75) is 25.9 Å². The molecule has 0 aliphatic heterocycles. The zero-order valence-electron chi connectivity index (χ0n) is 13.1. The standard InChI is InChI=1S/C16H22N2O3/c1-10(2)16-17-9-12(18(16)3)15(19)11-6-7-13(20-4)14(8-11)21-5/h6-10,15,19H,1-5H3/t15-/m0/s1. The summed E-state index contributed by atoms with van der Waals surface area (Å²) >= 11 is 0. The zero-order chi connectivity index (χ0) is 15.6. The fourth-order valence-corrected chi connectivity index (χ4v) is 2.42. The van der Waals surface area contributed by atoms with Crippen molar-refractivity contribution in [3.63, 3.8) is 0 Å². The minimum absolute atomic E-state index is 0.307. The van der Waals surface area contributed by atoms with Gasteiger partial charge in [-0.3, -0.25) is 0 Å². The number of aliphatic hydroxyl groups excluding tert-OH is 1. The lowest BCUT2D eigenvalue weighted by Gasteiger charge is -2.16. The van der Waals surface area contributed by atoms with E-state index < -0.39 is 6.10 Å². The van der Waals surface area contributed by atoms with Gasteiger partial charge < -0.3 is 19.1 Å². The number of hydrogen-bond donors (Lipinski definition) is 1. The highest BCUT2D eigenvalue weighted by Crippen LogP contribution is 2.32. The molecule has 0 saturated carbocycles. The molecule has 0 saturated heterocycles. The Kier molecular flexibility index (Phi) is 4.53. The van der Waals surface area contributed by atoms with E-state index in [4.69, 9.17) is 9.47 Å². The second-order valence-corrected chi connectivity index (χ2v) is 5.27. The molecule has 1 aromatic heterocycles. The molecule has 21 heavy (non-hydrogen) atoms. The van der Waals surface area contributed by atoms with E-state index in [0.717, 1.165) is 17.1 Å². The van der Waals surface area contributed by atoms with Gasteiger partial charge in [0.2, 0.25) is 0 Å².